The summed E-state index contributed by atoms with van der Waals surface area (Å²) in [6.07, 6.45) is 0. The number of hydrogen-bond donors (Lipinski definition) is 3. The van der Waals surface area contributed by atoms with E-state index in [1.807, 2.05) is 24.8 Å². The summed E-state index contributed by atoms with van der Waals surface area (Å²) in [6.45, 7) is 9.55. The molecule has 18 heavy (non-hydrogen) atoms. The average molecular weight is 253 g/mol. The minimum atomic E-state index is -0.784. The Balaban J connectivity index is 2.98. The maximum absolute atomic E-state index is 9.89. The Morgan fingerprint density at radius 1 is 1.39 bits per heavy atom. The molecule has 1 aromatic rings. The van der Waals surface area contributed by atoms with E-state index in [9.17, 15) is 5.11 Å². The van der Waals surface area contributed by atoms with Crippen molar-refractivity contribution < 1.29 is 5.11 Å². The zero-order valence-corrected chi connectivity index (χ0v) is 11.6. The molecule has 0 aliphatic heterocycles. The SMILES string of the molecule is CCNc1cc(N(CC)CC(C)(C)O)nc(N)n1. The highest BCUT2D eigenvalue weighted by atomic mass is 16.3. The smallest absolute Gasteiger partial charge is 0.223 e. The van der Waals surface area contributed by atoms with Gasteiger partial charge in [-0.25, -0.2) is 0 Å². The van der Waals surface area contributed by atoms with Crippen LogP contribution in [0, 0.1) is 0 Å². The topological polar surface area (TPSA) is 87.3 Å². The van der Waals surface area contributed by atoms with Crippen LogP contribution in [0.1, 0.15) is 27.7 Å². The maximum atomic E-state index is 9.89. The van der Waals surface area contributed by atoms with E-state index in [0.717, 1.165) is 18.9 Å². The fourth-order valence-corrected chi connectivity index (χ4v) is 1.71. The summed E-state index contributed by atoms with van der Waals surface area (Å²) in [5, 5.41) is 13.0. The predicted octanol–water partition coefficient (Wildman–Crippen LogP) is 1.09. The third kappa shape index (κ3) is 4.37. The number of nitrogens with zero attached hydrogens (tertiary/aromatic N) is 3. The van der Waals surface area contributed by atoms with Crippen molar-refractivity contribution in [2.45, 2.75) is 33.3 Å². The third-order valence-electron chi connectivity index (χ3n) is 2.37. The molecule has 0 bridgehead atoms. The first-order valence-electron chi connectivity index (χ1n) is 6.21. The lowest BCUT2D eigenvalue weighted by Gasteiger charge is -2.29. The zero-order valence-electron chi connectivity index (χ0n) is 11.6. The van der Waals surface area contributed by atoms with Gasteiger partial charge in [0, 0.05) is 25.7 Å². The normalized spacial score (nSPS) is 11.4. The molecule has 1 rings (SSSR count). The molecule has 0 aliphatic carbocycles. The van der Waals surface area contributed by atoms with E-state index in [4.69, 9.17) is 5.73 Å². The van der Waals surface area contributed by atoms with Gasteiger partial charge in [0.1, 0.15) is 11.6 Å². The molecule has 6 nitrogen and oxygen atoms in total. The first kappa shape index (κ1) is 14.5. The van der Waals surface area contributed by atoms with Crippen molar-refractivity contribution in [1.29, 1.82) is 0 Å². The van der Waals surface area contributed by atoms with Crippen LogP contribution in [0.5, 0.6) is 0 Å². The van der Waals surface area contributed by atoms with E-state index in [2.05, 4.69) is 15.3 Å². The van der Waals surface area contributed by atoms with Gasteiger partial charge in [-0.2, -0.15) is 9.97 Å². The molecule has 0 spiro atoms. The number of nitrogens with one attached hydrogen (secondary N) is 1. The molecule has 0 amide bonds. The van der Waals surface area contributed by atoms with E-state index in [1.54, 1.807) is 13.8 Å². The van der Waals surface area contributed by atoms with Crippen molar-refractivity contribution in [2.75, 3.05) is 35.6 Å². The lowest BCUT2D eigenvalue weighted by Crippen LogP contribution is -2.39. The summed E-state index contributed by atoms with van der Waals surface area (Å²) in [5.41, 5.74) is 4.91. The van der Waals surface area contributed by atoms with Crippen molar-refractivity contribution >= 4 is 17.6 Å². The summed E-state index contributed by atoms with van der Waals surface area (Å²) < 4.78 is 0. The van der Waals surface area contributed by atoms with Crippen LogP contribution in [0.3, 0.4) is 0 Å². The Kier molecular flexibility index (Phi) is 4.72. The molecule has 0 aromatic carbocycles. The van der Waals surface area contributed by atoms with E-state index < -0.39 is 5.60 Å². The summed E-state index contributed by atoms with van der Waals surface area (Å²) in [6, 6.07) is 1.84. The standard InChI is InChI=1S/C12H23N5O/c1-5-14-9-7-10(16-11(13)15-9)17(6-2)8-12(3,4)18/h7,18H,5-6,8H2,1-4H3,(H3,13,14,15,16). The van der Waals surface area contributed by atoms with Gasteiger partial charge in [-0.1, -0.05) is 0 Å². The number of nitrogens with two attached hydrogens (primary N) is 1. The van der Waals surface area contributed by atoms with Crippen LogP contribution in [-0.2, 0) is 0 Å². The Bertz CT molecular complexity index is 389. The maximum Gasteiger partial charge on any atom is 0.223 e. The summed E-state index contributed by atoms with van der Waals surface area (Å²) >= 11 is 0. The molecule has 6 heteroatoms. The van der Waals surface area contributed by atoms with Gasteiger partial charge in [0.2, 0.25) is 5.95 Å². The Morgan fingerprint density at radius 2 is 2.06 bits per heavy atom. The van der Waals surface area contributed by atoms with Gasteiger partial charge in [-0.15, -0.1) is 0 Å². The molecule has 0 atom stereocenters. The third-order valence-corrected chi connectivity index (χ3v) is 2.37. The quantitative estimate of drug-likeness (QED) is 0.703. The number of likely N-dealkylation sites (N-methyl/N-ethyl adjacent to an activating group) is 1. The molecule has 0 saturated heterocycles. The van der Waals surface area contributed by atoms with Crippen LogP contribution in [0.15, 0.2) is 6.07 Å². The molecule has 0 radical (unpaired) electrons. The minimum absolute atomic E-state index is 0.234. The van der Waals surface area contributed by atoms with Gasteiger partial charge < -0.3 is 21.1 Å². The van der Waals surface area contributed by atoms with Gasteiger partial charge in [0.25, 0.3) is 0 Å². The predicted molar refractivity (Wildman–Crippen MR) is 74.8 cm³/mol. The van der Waals surface area contributed by atoms with E-state index in [0.29, 0.717) is 12.4 Å². The van der Waals surface area contributed by atoms with Crippen molar-refractivity contribution in [3.63, 3.8) is 0 Å². The molecule has 1 aromatic heterocycles. The van der Waals surface area contributed by atoms with Crippen LogP contribution >= 0.6 is 0 Å². The summed E-state index contributed by atoms with van der Waals surface area (Å²) in [7, 11) is 0. The largest absolute Gasteiger partial charge is 0.389 e. The highest BCUT2D eigenvalue weighted by Crippen LogP contribution is 2.19. The number of aromatic nitrogens is 2. The Morgan fingerprint density at radius 3 is 2.56 bits per heavy atom. The monoisotopic (exact) mass is 253 g/mol. The summed E-state index contributed by atoms with van der Waals surface area (Å²) in [5.74, 6) is 1.66. The van der Waals surface area contributed by atoms with Crippen LogP contribution < -0.4 is 16.0 Å². The molecular weight excluding hydrogens is 230 g/mol. The van der Waals surface area contributed by atoms with Crippen LogP contribution in [0.25, 0.3) is 0 Å². The zero-order chi connectivity index (χ0) is 13.8. The minimum Gasteiger partial charge on any atom is -0.389 e. The first-order valence-corrected chi connectivity index (χ1v) is 6.21. The average Bonchev–Trinajstić information content (AvgIpc) is 2.24. The lowest BCUT2D eigenvalue weighted by molar-refractivity contribution is 0.0874. The number of rotatable bonds is 6. The van der Waals surface area contributed by atoms with E-state index in [-0.39, 0.29) is 5.95 Å². The molecule has 0 unspecified atom stereocenters. The fourth-order valence-electron chi connectivity index (χ4n) is 1.71. The van der Waals surface area contributed by atoms with Crippen molar-refractivity contribution in [1.82, 2.24) is 9.97 Å². The molecular formula is C12H23N5O. The number of hydrogen-bond acceptors (Lipinski definition) is 6. The van der Waals surface area contributed by atoms with Crippen LogP contribution in [-0.4, -0.2) is 40.3 Å². The van der Waals surface area contributed by atoms with Crippen molar-refractivity contribution in [2.24, 2.45) is 0 Å². The van der Waals surface area contributed by atoms with Crippen LogP contribution in [0.4, 0.5) is 17.6 Å². The van der Waals surface area contributed by atoms with E-state index >= 15 is 0 Å². The van der Waals surface area contributed by atoms with Crippen molar-refractivity contribution in [3.05, 3.63) is 6.07 Å². The summed E-state index contributed by atoms with van der Waals surface area (Å²) in [4.78, 5) is 10.3. The van der Waals surface area contributed by atoms with Gasteiger partial charge in [-0.3, -0.25) is 0 Å². The van der Waals surface area contributed by atoms with Crippen LogP contribution in [0.2, 0.25) is 0 Å². The molecule has 102 valence electrons. The first-order chi connectivity index (χ1) is 8.35. The van der Waals surface area contributed by atoms with Gasteiger partial charge in [-0.05, 0) is 27.7 Å². The molecule has 0 fully saturated rings. The number of anilines is 3. The van der Waals surface area contributed by atoms with Crippen molar-refractivity contribution in [3.8, 4) is 0 Å². The second kappa shape index (κ2) is 5.86. The van der Waals surface area contributed by atoms with Gasteiger partial charge >= 0.3 is 0 Å². The Hall–Kier alpha value is -1.56. The molecule has 0 aliphatic rings. The second-order valence-electron chi connectivity index (χ2n) is 4.83. The van der Waals surface area contributed by atoms with E-state index in [1.165, 1.54) is 0 Å². The molecule has 1 heterocycles. The van der Waals surface area contributed by atoms with Gasteiger partial charge in [0.05, 0.1) is 5.60 Å². The highest BCUT2D eigenvalue weighted by Gasteiger charge is 2.19. The van der Waals surface area contributed by atoms with Gasteiger partial charge in [0.15, 0.2) is 0 Å². The molecule has 0 saturated carbocycles. The fraction of sp³-hybridized carbons (Fsp3) is 0.667. The lowest BCUT2D eigenvalue weighted by atomic mass is 10.1. The number of nitrogen functional groups attached to an aromatic ring is 1. The highest BCUT2D eigenvalue weighted by molar-refractivity contribution is 5.52. The number of aliphatic hydroxyl groups is 1. The molecule has 4 N–H and O–H groups in total. The Labute approximate surface area is 108 Å². The second-order valence-corrected chi connectivity index (χ2v) is 4.83.